The van der Waals surface area contributed by atoms with Gasteiger partial charge in [0, 0.05) is 24.8 Å². The lowest BCUT2D eigenvalue weighted by Gasteiger charge is -2.30. The molecule has 1 atom stereocenters. The molecule has 104 valence electrons. The van der Waals surface area contributed by atoms with Crippen molar-refractivity contribution < 1.29 is 9.59 Å². The largest absolute Gasteiger partial charge is 0.351 e. The number of likely N-dealkylation sites (tertiary alicyclic amines) is 1. The second kappa shape index (κ2) is 5.73. The van der Waals surface area contributed by atoms with Gasteiger partial charge in [0.2, 0.25) is 5.91 Å². The molecule has 7 heteroatoms. The zero-order valence-electron chi connectivity index (χ0n) is 11.0. The van der Waals surface area contributed by atoms with E-state index < -0.39 is 6.03 Å². The summed E-state index contributed by atoms with van der Waals surface area (Å²) >= 11 is 0. The van der Waals surface area contributed by atoms with Gasteiger partial charge in [0.15, 0.2) is 5.82 Å². The molecule has 1 aliphatic rings. The lowest BCUT2D eigenvalue weighted by molar-refractivity contribution is -0.121. The predicted molar refractivity (Wildman–Crippen MR) is 70.5 cm³/mol. The van der Waals surface area contributed by atoms with Crippen LogP contribution in [-0.2, 0) is 11.2 Å². The Kier molecular flexibility index (Phi) is 4.03. The highest BCUT2D eigenvalue weighted by molar-refractivity contribution is 5.92. The summed E-state index contributed by atoms with van der Waals surface area (Å²) in [5, 5.41) is 9.62. The zero-order valence-corrected chi connectivity index (χ0v) is 11.0. The number of anilines is 1. The van der Waals surface area contributed by atoms with Gasteiger partial charge in [-0.1, -0.05) is 6.92 Å². The van der Waals surface area contributed by atoms with E-state index in [9.17, 15) is 9.59 Å². The second-order valence-electron chi connectivity index (χ2n) is 4.74. The number of rotatable bonds is 3. The molecule has 0 radical (unpaired) electrons. The van der Waals surface area contributed by atoms with Crippen molar-refractivity contribution in [3.63, 3.8) is 0 Å². The molecule has 1 aliphatic heterocycles. The number of nitrogens with two attached hydrogens (primary N) is 1. The van der Waals surface area contributed by atoms with Crippen LogP contribution < -0.4 is 11.1 Å². The average Bonchev–Trinajstić information content (AvgIpc) is 2.86. The number of urea groups is 1. The maximum atomic E-state index is 12.1. The van der Waals surface area contributed by atoms with Gasteiger partial charge in [-0.2, -0.15) is 5.10 Å². The Morgan fingerprint density at radius 2 is 2.42 bits per heavy atom. The summed E-state index contributed by atoms with van der Waals surface area (Å²) in [6, 6.07) is 1.34. The Balaban J connectivity index is 1.93. The van der Waals surface area contributed by atoms with Gasteiger partial charge in [-0.05, 0) is 19.3 Å². The van der Waals surface area contributed by atoms with Crippen LogP contribution in [0.4, 0.5) is 10.6 Å². The van der Waals surface area contributed by atoms with Crippen molar-refractivity contribution in [2.45, 2.75) is 26.2 Å². The van der Waals surface area contributed by atoms with Gasteiger partial charge < -0.3 is 16.0 Å². The smallest absolute Gasteiger partial charge is 0.314 e. The van der Waals surface area contributed by atoms with E-state index in [0.29, 0.717) is 18.9 Å². The minimum Gasteiger partial charge on any atom is -0.351 e. The van der Waals surface area contributed by atoms with Gasteiger partial charge >= 0.3 is 6.03 Å². The summed E-state index contributed by atoms with van der Waals surface area (Å²) in [5.74, 6) is 0.196. The molecule has 7 nitrogen and oxygen atoms in total. The number of nitrogens with one attached hydrogen (secondary N) is 2. The third-order valence-corrected chi connectivity index (χ3v) is 3.37. The number of primary amides is 1. The zero-order chi connectivity index (χ0) is 13.8. The van der Waals surface area contributed by atoms with E-state index in [2.05, 4.69) is 15.5 Å². The average molecular weight is 265 g/mol. The lowest BCUT2D eigenvalue weighted by atomic mass is 9.97. The minimum absolute atomic E-state index is 0.111. The minimum atomic E-state index is -0.467. The first-order valence-corrected chi connectivity index (χ1v) is 6.49. The molecule has 1 saturated heterocycles. The summed E-state index contributed by atoms with van der Waals surface area (Å²) in [6.07, 6.45) is 2.39. The predicted octanol–water partition coefficient (Wildman–Crippen LogP) is 0.701. The number of aromatic amines is 1. The van der Waals surface area contributed by atoms with Crippen molar-refractivity contribution in [1.29, 1.82) is 0 Å². The van der Waals surface area contributed by atoms with Gasteiger partial charge in [0.25, 0.3) is 0 Å². The number of aryl methyl sites for hydroxylation is 1. The van der Waals surface area contributed by atoms with Crippen LogP contribution in [0.5, 0.6) is 0 Å². The molecule has 0 saturated carbocycles. The Bertz CT molecular complexity index is 470. The highest BCUT2D eigenvalue weighted by Crippen LogP contribution is 2.18. The van der Waals surface area contributed by atoms with Crippen LogP contribution in [0, 0.1) is 5.92 Å². The summed E-state index contributed by atoms with van der Waals surface area (Å²) < 4.78 is 0. The van der Waals surface area contributed by atoms with Gasteiger partial charge in [0.05, 0.1) is 5.92 Å². The molecule has 2 rings (SSSR count). The van der Waals surface area contributed by atoms with E-state index in [1.165, 1.54) is 4.90 Å². The number of hydrogen-bond donors (Lipinski definition) is 3. The van der Waals surface area contributed by atoms with Crippen LogP contribution in [0.3, 0.4) is 0 Å². The van der Waals surface area contributed by atoms with E-state index >= 15 is 0 Å². The fourth-order valence-corrected chi connectivity index (χ4v) is 2.23. The van der Waals surface area contributed by atoms with Gasteiger partial charge in [-0.25, -0.2) is 4.79 Å². The fourth-order valence-electron chi connectivity index (χ4n) is 2.23. The van der Waals surface area contributed by atoms with Gasteiger partial charge in [0.1, 0.15) is 0 Å². The number of amides is 3. The lowest BCUT2D eigenvalue weighted by Crippen LogP contribution is -2.46. The Labute approximate surface area is 111 Å². The van der Waals surface area contributed by atoms with E-state index in [1.54, 1.807) is 0 Å². The van der Waals surface area contributed by atoms with Crippen molar-refractivity contribution >= 4 is 17.8 Å². The molecule has 1 unspecified atom stereocenters. The monoisotopic (exact) mass is 265 g/mol. The van der Waals surface area contributed by atoms with Crippen molar-refractivity contribution in [1.82, 2.24) is 15.1 Å². The van der Waals surface area contributed by atoms with Gasteiger partial charge in [-0.15, -0.1) is 0 Å². The molecule has 2 heterocycles. The normalized spacial score (nSPS) is 19.2. The Morgan fingerprint density at radius 3 is 3.05 bits per heavy atom. The molecule has 3 amide bonds. The highest BCUT2D eigenvalue weighted by atomic mass is 16.2. The molecule has 1 aromatic rings. The summed E-state index contributed by atoms with van der Waals surface area (Å²) in [7, 11) is 0. The van der Waals surface area contributed by atoms with Gasteiger partial charge in [-0.3, -0.25) is 9.89 Å². The summed E-state index contributed by atoms with van der Waals surface area (Å²) in [4.78, 5) is 24.7. The van der Waals surface area contributed by atoms with E-state index in [0.717, 1.165) is 25.0 Å². The number of H-pyrrole nitrogens is 1. The molecule has 1 fully saturated rings. The maximum Gasteiger partial charge on any atom is 0.314 e. The van der Waals surface area contributed by atoms with E-state index in [1.807, 2.05) is 13.0 Å². The van der Waals surface area contributed by atoms with E-state index in [-0.39, 0.29) is 11.8 Å². The molecule has 19 heavy (non-hydrogen) atoms. The van der Waals surface area contributed by atoms with Crippen LogP contribution in [0.25, 0.3) is 0 Å². The quantitative estimate of drug-likeness (QED) is 0.749. The molecule has 4 N–H and O–H groups in total. The number of carbonyl (C=O) groups is 2. The highest BCUT2D eigenvalue weighted by Gasteiger charge is 2.27. The van der Waals surface area contributed by atoms with Crippen molar-refractivity contribution in [3.05, 3.63) is 11.8 Å². The third kappa shape index (κ3) is 3.24. The molecule has 1 aromatic heterocycles. The molecule has 0 spiro atoms. The van der Waals surface area contributed by atoms with Crippen LogP contribution in [-0.4, -0.2) is 40.1 Å². The van der Waals surface area contributed by atoms with Crippen molar-refractivity contribution in [2.75, 3.05) is 18.4 Å². The summed E-state index contributed by atoms with van der Waals surface area (Å²) in [5.41, 5.74) is 6.21. The first-order chi connectivity index (χ1) is 9.10. The van der Waals surface area contributed by atoms with Crippen LogP contribution >= 0.6 is 0 Å². The van der Waals surface area contributed by atoms with Crippen LogP contribution in [0.2, 0.25) is 0 Å². The molecule has 0 aliphatic carbocycles. The Morgan fingerprint density at radius 1 is 1.63 bits per heavy atom. The van der Waals surface area contributed by atoms with Crippen molar-refractivity contribution in [2.24, 2.45) is 11.7 Å². The van der Waals surface area contributed by atoms with Crippen LogP contribution in [0.15, 0.2) is 6.07 Å². The number of carbonyl (C=O) groups excluding carboxylic acids is 2. The maximum absolute atomic E-state index is 12.1. The first-order valence-electron chi connectivity index (χ1n) is 6.49. The first kappa shape index (κ1) is 13.4. The molecular weight excluding hydrogens is 246 g/mol. The fraction of sp³-hybridized carbons (Fsp3) is 0.583. The topological polar surface area (TPSA) is 104 Å². The number of piperidine rings is 1. The standard InChI is InChI=1S/C12H19N5O2/c1-2-9-6-10(16-15-9)14-11(18)8-4-3-5-17(7-8)12(13)19/h6,8H,2-5,7H2,1H3,(H2,13,19)(H2,14,15,16,18). The number of aromatic nitrogens is 2. The SMILES string of the molecule is CCc1cc(NC(=O)C2CCCN(C(N)=O)C2)n[nH]1. The van der Waals surface area contributed by atoms with E-state index in [4.69, 9.17) is 5.73 Å². The third-order valence-electron chi connectivity index (χ3n) is 3.37. The second-order valence-corrected chi connectivity index (χ2v) is 4.74. The molecule has 0 aromatic carbocycles. The van der Waals surface area contributed by atoms with Crippen molar-refractivity contribution in [3.8, 4) is 0 Å². The number of hydrogen-bond acceptors (Lipinski definition) is 3. The molecule has 0 bridgehead atoms. The Hall–Kier alpha value is -2.05. The van der Waals surface area contributed by atoms with Crippen LogP contribution in [0.1, 0.15) is 25.5 Å². The molecular formula is C12H19N5O2. The summed E-state index contributed by atoms with van der Waals surface area (Å²) in [6.45, 7) is 3.01. The number of nitrogens with zero attached hydrogens (tertiary/aromatic N) is 2.